The number of hydrogen-bond donors (Lipinski definition) is 2. The largest absolute Gasteiger partial charge is 0.380 e. The van der Waals surface area contributed by atoms with Crippen LogP contribution in [-0.2, 0) is 17.8 Å². The quantitative estimate of drug-likeness (QED) is 0.866. The van der Waals surface area contributed by atoms with E-state index in [4.69, 9.17) is 0 Å². The van der Waals surface area contributed by atoms with Crippen molar-refractivity contribution in [1.82, 2.24) is 0 Å². The molecule has 1 amide bonds. The summed E-state index contributed by atoms with van der Waals surface area (Å²) in [5.41, 5.74) is 2.95. The van der Waals surface area contributed by atoms with E-state index in [1.54, 1.807) is 0 Å². The molecule has 106 valence electrons. The molecule has 1 heterocycles. The summed E-state index contributed by atoms with van der Waals surface area (Å²) in [6.45, 7) is 6.50. The highest BCUT2D eigenvalue weighted by molar-refractivity contribution is 7.12. The van der Waals surface area contributed by atoms with E-state index in [1.165, 1.54) is 16.7 Å². The van der Waals surface area contributed by atoms with Crippen LogP contribution in [0.4, 0.5) is 11.4 Å². The Morgan fingerprint density at radius 1 is 1.20 bits per heavy atom. The number of nitrogens with one attached hydrogen (secondary N) is 2. The highest BCUT2D eigenvalue weighted by Crippen LogP contribution is 2.22. The van der Waals surface area contributed by atoms with E-state index in [1.807, 2.05) is 36.5 Å². The average molecular weight is 288 g/mol. The zero-order valence-corrected chi connectivity index (χ0v) is 12.9. The van der Waals surface area contributed by atoms with Gasteiger partial charge in [-0.1, -0.05) is 13.0 Å². The molecule has 0 unspecified atom stereocenters. The molecular weight excluding hydrogens is 268 g/mol. The minimum Gasteiger partial charge on any atom is -0.380 e. The lowest BCUT2D eigenvalue weighted by molar-refractivity contribution is -0.114. The van der Waals surface area contributed by atoms with Crippen molar-refractivity contribution < 1.29 is 4.79 Å². The number of aryl methyl sites for hydroxylation is 2. The fourth-order valence-corrected chi connectivity index (χ4v) is 2.85. The van der Waals surface area contributed by atoms with Gasteiger partial charge in [0, 0.05) is 34.6 Å². The lowest BCUT2D eigenvalue weighted by atomic mass is 10.1. The standard InChI is InChI=1S/C16H20N2OS/c1-4-14-7-8-15(20-14)10-17-13-6-5-11(2)16(9-13)18-12(3)19/h5-9,17H,4,10H2,1-3H3,(H,18,19). The molecule has 3 nitrogen and oxygen atoms in total. The van der Waals surface area contributed by atoms with Crippen molar-refractivity contribution >= 4 is 28.6 Å². The molecule has 0 bridgehead atoms. The van der Waals surface area contributed by atoms with Crippen LogP contribution in [0.15, 0.2) is 30.3 Å². The molecule has 20 heavy (non-hydrogen) atoms. The lowest BCUT2D eigenvalue weighted by Crippen LogP contribution is -2.07. The highest BCUT2D eigenvalue weighted by Gasteiger charge is 2.03. The molecule has 0 aliphatic rings. The Hall–Kier alpha value is -1.81. The summed E-state index contributed by atoms with van der Waals surface area (Å²) in [6.07, 6.45) is 1.09. The van der Waals surface area contributed by atoms with Crippen LogP contribution in [0, 0.1) is 6.92 Å². The minimum absolute atomic E-state index is 0.0453. The second-order valence-corrected chi connectivity index (χ2v) is 6.04. The van der Waals surface area contributed by atoms with Crippen molar-refractivity contribution in [2.45, 2.75) is 33.7 Å². The van der Waals surface area contributed by atoms with Crippen molar-refractivity contribution in [2.24, 2.45) is 0 Å². The average Bonchev–Trinajstić information content (AvgIpc) is 2.87. The van der Waals surface area contributed by atoms with E-state index in [2.05, 4.69) is 29.7 Å². The summed E-state index contributed by atoms with van der Waals surface area (Å²) >= 11 is 1.84. The summed E-state index contributed by atoms with van der Waals surface area (Å²) in [5, 5.41) is 6.25. The lowest BCUT2D eigenvalue weighted by Gasteiger charge is -2.10. The minimum atomic E-state index is -0.0453. The van der Waals surface area contributed by atoms with Crippen LogP contribution in [0.3, 0.4) is 0 Å². The third-order valence-electron chi connectivity index (χ3n) is 3.08. The molecule has 0 saturated carbocycles. The predicted molar refractivity (Wildman–Crippen MR) is 86.5 cm³/mol. The molecule has 0 atom stereocenters. The van der Waals surface area contributed by atoms with E-state index < -0.39 is 0 Å². The number of benzene rings is 1. The molecule has 0 radical (unpaired) electrons. The Kier molecular flexibility index (Phi) is 4.79. The fourth-order valence-electron chi connectivity index (χ4n) is 1.95. The monoisotopic (exact) mass is 288 g/mol. The smallest absolute Gasteiger partial charge is 0.221 e. The summed E-state index contributed by atoms with van der Waals surface area (Å²) in [4.78, 5) is 13.9. The highest BCUT2D eigenvalue weighted by atomic mass is 32.1. The van der Waals surface area contributed by atoms with Crippen LogP contribution >= 0.6 is 11.3 Å². The second kappa shape index (κ2) is 6.57. The molecule has 2 N–H and O–H groups in total. The Labute approximate surface area is 124 Å². The second-order valence-electron chi connectivity index (χ2n) is 4.79. The van der Waals surface area contributed by atoms with E-state index in [0.717, 1.165) is 29.9 Å². The Morgan fingerprint density at radius 3 is 2.60 bits per heavy atom. The Balaban J connectivity index is 2.03. The van der Waals surface area contributed by atoms with Gasteiger partial charge in [-0.15, -0.1) is 11.3 Å². The van der Waals surface area contributed by atoms with Crippen molar-refractivity contribution in [3.05, 3.63) is 45.6 Å². The third-order valence-corrected chi connectivity index (χ3v) is 4.31. The van der Waals surface area contributed by atoms with Gasteiger partial charge in [0.15, 0.2) is 0 Å². The zero-order chi connectivity index (χ0) is 14.5. The van der Waals surface area contributed by atoms with Gasteiger partial charge in [0.05, 0.1) is 0 Å². The predicted octanol–water partition coefficient (Wildman–Crippen LogP) is 4.19. The fraction of sp³-hybridized carbons (Fsp3) is 0.312. The van der Waals surface area contributed by atoms with Crippen molar-refractivity contribution in [3.8, 4) is 0 Å². The maximum atomic E-state index is 11.2. The number of carbonyl (C=O) groups is 1. The van der Waals surface area contributed by atoms with Gasteiger partial charge in [-0.3, -0.25) is 4.79 Å². The molecule has 2 aromatic rings. The third kappa shape index (κ3) is 3.84. The molecule has 1 aromatic heterocycles. The van der Waals surface area contributed by atoms with Gasteiger partial charge in [-0.05, 0) is 43.2 Å². The van der Waals surface area contributed by atoms with Gasteiger partial charge >= 0.3 is 0 Å². The Bertz CT molecular complexity index is 604. The molecule has 0 aliphatic carbocycles. The van der Waals surface area contributed by atoms with Gasteiger partial charge in [0.1, 0.15) is 0 Å². The number of hydrogen-bond acceptors (Lipinski definition) is 3. The molecule has 4 heteroatoms. The van der Waals surface area contributed by atoms with Crippen LogP contribution < -0.4 is 10.6 Å². The van der Waals surface area contributed by atoms with Crippen LogP contribution in [0.5, 0.6) is 0 Å². The molecular formula is C16H20N2OS. The summed E-state index contributed by atoms with van der Waals surface area (Å²) in [7, 11) is 0. The van der Waals surface area contributed by atoms with Gasteiger partial charge in [-0.25, -0.2) is 0 Å². The summed E-state index contributed by atoms with van der Waals surface area (Å²) in [5.74, 6) is -0.0453. The molecule has 0 aliphatic heterocycles. The normalized spacial score (nSPS) is 10.3. The Morgan fingerprint density at radius 2 is 1.95 bits per heavy atom. The van der Waals surface area contributed by atoms with Crippen LogP contribution in [-0.4, -0.2) is 5.91 Å². The van der Waals surface area contributed by atoms with Crippen molar-refractivity contribution in [2.75, 3.05) is 10.6 Å². The summed E-state index contributed by atoms with van der Waals surface area (Å²) < 4.78 is 0. The van der Waals surface area contributed by atoms with E-state index >= 15 is 0 Å². The first kappa shape index (κ1) is 14.6. The van der Waals surface area contributed by atoms with Crippen LogP contribution in [0.1, 0.15) is 29.2 Å². The maximum Gasteiger partial charge on any atom is 0.221 e. The molecule has 2 rings (SSSR count). The number of carbonyl (C=O) groups excluding carboxylic acids is 1. The van der Waals surface area contributed by atoms with Crippen LogP contribution in [0.2, 0.25) is 0 Å². The number of rotatable bonds is 5. The van der Waals surface area contributed by atoms with Crippen molar-refractivity contribution in [3.63, 3.8) is 0 Å². The summed E-state index contributed by atoms with van der Waals surface area (Å²) in [6, 6.07) is 10.4. The maximum absolute atomic E-state index is 11.2. The number of anilines is 2. The van der Waals surface area contributed by atoms with Crippen molar-refractivity contribution in [1.29, 1.82) is 0 Å². The van der Waals surface area contributed by atoms with Gasteiger partial charge < -0.3 is 10.6 Å². The number of thiophene rings is 1. The van der Waals surface area contributed by atoms with E-state index in [-0.39, 0.29) is 5.91 Å². The van der Waals surface area contributed by atoms with Gasteiger partial charge in [0.2, 0.25) is 5.91 Å². The first-order chi connectivity index (χ1) is 9.58. The first-order valence-corrected chi connectivity index (χ1v) is 7.60. The zero-order valence-electron chi connectivity index (χ0n) is 12.1. The van der Waals surface area contributed by atoms with Crippen LogP contribution in [0.25, 0.3) is 0 Å². The molecule has 1 aromatic carbocycles. The molecule has 0 saturated heterocycles. The number of amides is 1. The SMILES string of the molecule is CCc1ccc(CNc2ccc(C)c(NC(C)=O)c2)s1. The van der Waals surface area contributed by atoms with Gasteiger partial charge in [0.25, 0.3) is 0 Å². The van der Waals surface area contributed by atoms with E-state index in [0.29, 0.717) is 0 Å². The molecule has 0 spiro atoms. The molecule has 0 fully saturated rings. The van der Waals surface area contributed by atoms with Gasteiger partial charge in [-0.2, -0.15) is 0 Å². The topological polar surface area (TPSA) is 41.1 Å². The van der Waals surface area contributed by atoms with E-state index in [9.17, 15) is 4.79 Å². The first-order valence-electron chi connectivity index (χ1n) is 6.78.